The van der Waals surface area contributed by atoms with Gasteiger partial charge in [0.2, 0.25) is 11.8 Å². The Bertz CT molecular complexity index is 1680. The van der Waals surface area contributed by atoms with Gasteiger partial charge < -0.3 is 15.0 Å². The summed E-state index contributed by atoms with van der Waals surface area (Å²) in [5.74, 6) is 0.532. The number of aryl methyl sites for hydroxylation is 1. The van der Waals surface area contributed by atoms with Gasteiger partial charge in [-0.3, -0.25) is 13.9 Å². The molecule has 0 saturated heterocycles. The minimum absolute atomic E-state index is 0.0488. The van der Waals surface area contributed by atoms with E-state index in [1.807, 2.05) is 75.4 Å². The molecule has 4 rings (SSSR count). The summed E-state index contributed by atoms with van der Waals surface area (Å²) in [6.45, 7) is 7.54. The van der Waals surface area contributed by atoms with Crippen LogP contribution in [0.5, 0.6) is 11.5 Å². The average Bonchev–Trinajstić information content (AvgIpc) is 3.03. The minimum atomic E-state index is -4.18. The van der Waals surface area contributed by atoms with Gasteiger partial charge in [-0.25, -0.2) is 8.42 Å². The topological polar surface area (TPSA) is 96.0 Å². The molecule has 0 aliphatic rings. The number of hydrogen-bond acceptors (Lipinski definition) is 5. The lowest BCUT2D eigenvalue weighted by atomic mass is 10.1. The summed E-state index contributed by atoms with van der Waals surface area (Å²) in [5, 5.41) is 2.90. The number of carbonyl (C=O) groups excluding carboxylic acids is 2. The number of halogens is 1. The maximum atomic E-state index is 14.1. The lowest BCUT2D eigenvalue weighted by molar-refractivity contribution is -0.139. The van der Waals surface area contributed by atoms with Gasteiger partial charge >= 0.3 is 0 Å². The molecule has 0 saturated carbocycles. The normalized spacial score (nSPS) is 12.0. The second-order valence-corrected chi connectivity index (χ2v) is 14.0. The molecule has 10 heteroatoms. The number of rotatable bonds is 13. The van der Waals surface area contributed by atoms with Crippen molar-refractivity contribution in [3.63, 3.8) is 0 Å². The summed E-state index contributed by atoms with van der Waals surface area (Å²) >= 11 is 3.43. The predicted octanol–water partition coefficient (Wildman–Crippen LogP) is 6.93. The van der Waals surface area contributed by atoms with Gasteiger partial charge in [0, 0.05) is 17.6 Å². The molecule has 4 aromatic carbocycles. The Balaban J connectivity index is 1.69. The number of para-hydroxylation sites is 1. The first-order valence-electron chi connectivity index (χ1n) is 14.7. The molecule has 1 atom stereocenters. The molecule has 236 valence electrons. The van der Waals surface area contributed by atoms with Gasteiger partial charge in [0.25, 0.3) is 10.0 Å². The summed E-state index contributed by atoms with van der Waals surface area (Å²) in [6, 6.07) is 28.8. The molecule has 1 N–H and O–H groups in total. The third-order valence-electron chi connectivity index (χ3n) is 7.11. The second-order valence-electron chi connectivity index (χ2n) is 11.2. The molecule has 0 heterocycles. The summed E-state index contributed by atoms with van der Waals surface area (Å²) in [6.07, 6.45) is 0. The van der Waals surface area contributed by atoms with Crippen LogP contribution >= 0.6 is 15.9 Å². The average molecular weight is 693 g/mol. The van der Waals surface area contributed by atoms with Crippen molar-refractivity contribution in [2.45, 2.75) is 45.2 Å². The predicted molar refractivity (Wildman–Crippen MR) is 181 cm³/mol. The van der Waals surface area contributed by atoms with E-state index in [1.165, 1.54) is 17.0 Å². The van der Waals surface area contributed by atoms with Crippen LogP contribution in [0, 0.1) is 12.8 Å². The Kier molecular flexibility index (Phi) is 11.4. The standard InChI is InChI=1S/C35H38BrN3O5S/c1-25(2)22-37-35(41)27(4)38(23-28-12-14-29(36)15-13-28)34(40)24-39(45(42,43)33-20-10-26(3)11-21-33)30-16-18-32(19-17-30)44-31-8-6-5-7-9-31/h5-21,25,27H,22-24H2,1-4H3,(H,37,41)/t27-/m0/s1. The van der Waals surface area contributed by atoms with Gasteiger partial charge in [0.15, 0.2) is 0 Å². The van der Waals surface area contributed by atoms with Crippen molar-refractivity contribution in [1.29, 1.82) is 0 Å². The van der Waals surface area contributed by atoms with E-state index in [-0.39, 0.29) is 29.0 Å². The largest absolute Gasteiger partial charge is 0.457 e. The van der Waals surface area contributed by atoms with Crippen molar-refractivity contribution in [3.05, 3.63) is 119 Å². The highest BCUT2D eigenvalue weighted by Gasteiger charge is 2.32. The van der Waals surface area contributed by atoms with Crippen LogP contribution in [-0.4, -0.2) is 44.3 Å². The molecule has 0 spiro atoms. The molecule has 45 heavy (non-hydrogen) atoms. The molecule has 8 nitrogen and oxygen atoms in total. The molecule has 2 amide bonds. The Morgan fingerprint density at radius 3 is 2.02 bits per heavy atom. The highest BCUT2D eigenvalue weighted by atomic mass is 79.9. The van der Waals surface area contributed by atoms with Crippen molar-refractivity contribution in [2.24, 2.45) is 5.92 Å². The second kappa shape index (κ2) is 15.2. The number of amides is 2. The lowest BCUT2D eigenvalue weighted by Crippen LogP contribution is -2.51. The number of carbonyl (C=O) groups is 2. The quantitative estimate of drug-likeness (QED) is 0.164. The van der Waals surface area contributed by atoms with E-state index in [9.17, 15) is 18.0 Å². The van der Waals surface area contributed by atoms with E-state index in [0.717, 1.165) is 19.9 Å². The highest BCUT2D eigenvalue weighted by Crippen LogP contribution is 2.29. The van der Waals surface area contributed by atoms with Gasteiger partial charge in [-0.15, -0.1) is 0 Å². The molecule has 0 bridgehead atoms. The summed E-state index contributed by atoms with van der Waals surface area (Å²) < 4.78 is 36.0. The molecular formula is C35H38BrN3O5S. The zero-order chi connectivity index (χ0) is 32.6. The number of anilines is 1. The van der Waals surface area contributed by atoms with Crippen LogP contribution in [-0.2, 0) is 26.2 Å². The fourth-order valence-corrected chi connectivity index (χ4v) is 6.17. The molecule has 0 unspecified atom stereocenters. The van der Waals surface area contributed by atoms with Crippen LogP contribution in [0.25, 0.3) is 0 Å². The number of nitrogens with one attached hydrogen (secondary N) is 1. The lowest BCUT2D eigenvalue weighted by Gasteiger charge is -2.32. The zero-order valence-electron chi connectivity index (χ0n) is 25.8. The number of hydrogen-bond donors (Lipinski definition) is 1. The van der Waals surface area contributed by atoms with Crippen LogP contribution in [0.2, 0.25) is 0 Å². The van der Waals surface area contributed by atoms with Gasteiger partial charge in [0.05, 0.1) is 10.6 Å². The van der Waals surface area contributed by atoms with Gasteiger partial charge in [-0.05, 0) is 86.0 Å². The Morgan fingerprint density at radius 2 is 1.42 bits per heavy atom. The van der Waals surface area contributed by atoms with E-state index >= 15 is 0 Å². The third-order valence-corrected chi connectivity index (χ3v) is 9.43. The number of sulfonamides is 1. The van der Waals surface area contributed by atoms with E-state index in [2.05, 4.69) is 21.2 Å². The highest BCUT2D eigenvalue weighted by molar-refractivity contribution is 9.10. The van der Waals surface area contributed by atoms with Crippen molar-refractivity contribution in [2.75, 3.05) is 17.4 Å². The van der Waals surface area contributed by atoms with Gasteiger partial charge in [0.1, 0.15) is 24.1 Å². The summed E-state index contributed by atoms with van der Waals surface area (Å²) in [7, 11) is -4.18. The van der Waals surface area contributed by atoms with E-state index < -0.39 is 28.5 Å². The van der Waals surface area contributed by atoms with Crippen molar-refractivity contribution in [3.8, 4) is 11.5 Å². The molecule has 0 aromatic heterocycles. The third kappa shape index (κ3) is 9.18. The van der Waals surface area contributed by atoms with Gasteiger partial charge in [-0.1, -0.05) is 77.8 Å². The maximum Gasteiger partial charge on any atom is 0.264 e. The summed E-state index contributed by atoms with van der Waals surface area (Å²) in [5.41, 5.74) is 1.98. The monoisotopic (exact) mass is 691 g/mol. The fourth-order valence-electron chi connectivity index (χ4n) is 4.49. The number of ether oxygens (including phenoxy) is 1. The Morgan fingerprint density at radius 1 is 0.822 bits per heavy atom. The molecule has 0 aliphatic heterocycles. The van der Waals surface area contributed by atoms with Crippen LogP contribution in [0.15, 0.2) is 112 Å². The molecular weight excluding hydrogens is 654 g/mol. The van der Waals surface area contributed by atoms with E-state index in [1.54, 1.807) is 43.3 Å². The van der Waals surface area contributed by atoms with Crippen LogP contribution in [0.3, 0.4) is 0 Å². The minimum Gasteiger partial charge on any atom is -0.457 e. The van der Waals surface area contributed by atoms with Crippen molar-refractivity contribution < 1.29 is 22.7 Å². The van der Waals surface area contributed by atoms with Crippen molar-refractivity contribution >= 4 is 43.5 Å². The zero-order valence-corrected chi connectivity index (χ0v) is 28.2. The first kappa shape index (κ1) is 33.7. The first-order chi connectivity index (χ1) is 21.4. The van der Waals surface area contributed by atoms with Crippen LogP contribution in [0.1, 0.15) is 31.9 Å². The SMILES string of the molecule is Cc1ccc(S(=O)(=O)N(CC(=O)N(Cc2ccc(Br)cc2)[C@@H](C)C(=O)NCC(C)C)c2ccc(Oc3ccccc3)cc2)cc1. The number of benzene rings is 4. The Labute approximate surface area is 274 Å². The first-order valence-corrected chi connectivity index (χ1v) is 16.9. The van der Waals surface area contributed by atoms with E-state index in [0.29, 0.717) is 18.0 Å². The molecule has 4 aromatic rings. The summed E-state index contributed by atoms with van der Waals surface area (Å²) in [4.78, 5) is 28.8. The molecule has 0 aliphatic carbocycles. The fraction of sp³-hybridized carbons (Fsp3) is 0.257. The maximum absolute atomic E-state index is 14.1. The van der Waals surface area contributed by atoms with Crippen LogP contribution < -0.4 is 14.4 Å². The van der Waals surface area contributed by atoms with Crippen LogP contribution in [0.4, 0.5) is 5.69 Å². The van der Waals surface area contributed by atoms with E-state index in [4.69, 9.17) is 4.74 Å². The Hall–Kier alpha value is -4.15. The van der Waals surface area contributed by atoms with Gasteiger partial charge in [-0.2, -0.15) is 0 Å². The molecule has 0 radical (unpaired) electrons. The smallest absolute Gasteiger partial charge is 0.264 e. The van der Waals surface area contributed by atoms with Crippen molar-refractivity contribution in [1.82, 2.24) is 10.2 Å². The molecule has 0 fully saturated rings. The number of nitrogens with zero attached hydrogens (tertiary/aromatic N) is 2.